The molecule has 2 atom stereocenters. The average Bonchev–Trinajstić information content (AvgIpc) is 3.29. The minimum absolute atomic E-state index is 0. The Balaban J connectivity index is 0.000000377. The second-order valence-electron chi connectivity index (χ2n) is 18.5. The van der Waals surface area contributed by atoms with Crippen molar-refractivity contribution in [2.45, 2.75) is 142 Å². The van der Waals surface area contributed by atoms with Crippen LogP contribution in [0, 0.1) is 23.2 Å². The zero-order valence-corrected chi connectivity index (χ0v) is 40.9. The van der Waals surface area contributed by atoms with Crippen LogP contribution < -0.4 is 5.32 Å². The summed E-state index contributed by atoms with van der Waals surface area (Å²) in [5.41, 5.74) is 2.22. The van der Waals surface area contributed by atoms with Crippen molar-refractivity contribution >= 4 is 46.4 Å². The number of carbonyl (C=O) groups is 2. The zero-order valence-electron chi connectivity index (χ0n) is 38.6. The molecule has 2 heterocycles. The number of hydrogen-bond donors (Lipinski definition) is 1. The number of Topliss-reactive ketones (excluding diaryl/α,β-unsaturated/α-hetero) is 2. The fourth-order valence-electron chi connectivity index (χ4n) is 9.70. The van der Waals surface area contributed by atoms with Crippen LogP contribution in [0.3, 0.4) is 0 Å². The van der Waals surface area contributed by atoms with Crippen molar-refractivity contribution in [3.63, 3.8) is 0 Å². The van der Waals surface area contributed by atoms with Crippen molar-refractivity contribution in [2.24, 2.45) is 11.8 Å². The third-order valence-corrected chi connectivity index (χ3v) is 14.8. The number of carbonyl (C=O) groups excluding carboxylic acids is 2. The molecule has 4 aromatic carbocycles. The highest BCUT2D eigenvalue weighted by Crippen LogP contribution is 2.46. The molecule has 4 fully saturated rings. The topological polar surface area (TPSA) is 73.2 Å². The van der Waals surface area contributed by atoms with E-state index in [1.807, 2.05) is 48.5 Å². The molecule has 4 aliphatic rings. The number of hydrogen-bond acceptors (Lipinski definition) is 5. The number of benzene rings is 4. The van der Waals surface area contributed by atoms with Crippen molar-refractivity contribution in [3.05, 3.63) is 140 Å². The number of nitrogens with one attached hydrogen (secondary N) is 1. The first-order valence-corrected chi connectivity index (χ1v) is 24.9. The van der Waals surface area contributed by atoms with Crippen LogP contribution in [0.5, 0.6) is 0 Å². The molecule has 0 radical (unpaired) electrons. The molecule has 392 valence electrons. The van der Waals surface area contributed by atoms with Gasteiger partial charge in [0.2, 0.25) is 0 Å². The van der Waals surface area contributed by atoms with Gasteiger partial charge in [0, 0.05) is 23.5 Å². The van der Waals surface area contributed by atoms with E-state index in [-0.39, 0.29) is 44.8 Å². The van der Waals surface area contributed by atoms with Gasteiger partial charge in [0.15, 0.2) is 11.6 Å². The summed E-state index contributed by atoms with van der Waals surface area (Å²) in [5, 5.41) is 12.1. The second kappa shape index (κ2) is 29.7. The number of aryl methyl sites for hydroxylation is 2. The maximum Gasteiger partial charge on any atom is 0.416 e. The second-order valence-corrected chi connectivity index (χ2v) is 19.7. The normalized spacial score (nSPS) is 18.8. The van der Waals surface area contributed by atoms with Crippen LogP contribution in [0.1, 0.15) is 140 Å². The Morgan fingerprint density at radius 3 is 1.42 bits per heavy atom. The maximum atomic E-state index is 13.3. The SMILES string of the molecule is C.C.C.CC#N.FC(F)(F)c1ccc(CCC2CCCNC2)cc1.O=C(CCl)C1(c2ccc(Cl)cc2)CCC1.O=C(CN1CCCC(CCc2ccc(C(F)(F)F)cc2)C1)C1(c2ccc(Cl)cc2)CCC1. The van der Waals surface area contributed by atoms with Gasteiger partial charge in [-0.3, -0.25) is 14.5 Å². The summed E-state index contributed by atoms with van der Waals surface area (Å²) >= 11 is 17.5. The van der Waals surface area contributed by atoms with Crippen LogP contribution in [0.15, 0.2) is 97.1 Å². The first-order valence-electron chi connectivity index (χ1n) is 23.6. The zero-order chi connectivity index (χ0) is 49.4. The van der Waals surface area contributed by atoms with E-state index >= 15 is 0 Å². The monoisotopic (exact) mass is 1050 g/mol. The molecule has 0 spiro atoms. The fraction of sp³-hybridized carbons (Fsp3) is 0.526. The Hall–Kier alpha value is -3.92. The molecule has 0 bridgehead atoms. The Morgan fingerprint density at radius 1 is 0.648 bits per heavy atom. The van der Waals surface area contributed by atoms with Crippen LogP contribution in [-0.4, -0.2) is 55.1 Å². The minimum Gasteiger partial charge on any atom is -0.316 e. The Kier molecular flexibility index (Phi) is 26.4. The van der Waals surface area contributed by atoms with E-state index in [2.05, 4.69) is 10.2 Å². The Bertz CT molecular complexity index is 2210. The number of piperidine rings is 2. The minimum atomic E-state index is -4.29. The van der Waals surface area contributed by atoms with E-state index in [9.17, 15) is 35.9 Å². The van der Waals surface area contributed by atoms with Gasteiger partial charge in [-0.1, -0.05) is 107 Å². The molecule has 2 saturated carbocycles. The Labute approximate surface area is 435 Å². The van der Waals surface area contributed by atoms with Gasteiger partial charge in [0.05, 0.1) is 40.5 Å². The lowest BCUT2D eigenvalue weighted by Gasteiger charge is -2.43. The van der Waals surface area contributed by atoms with E-state index < -0.39 is 23.5 Å². The predicted molar refractivity (Wildman–Crippen MR) is 280 cm³/mol. The van der Waals surface area contributed by atoms with Crippen molar-refractivity contribution in [1.82, 2.24) is 10.2 Å². The summed E-state index contributed by atoms with van der Waals surface area (Å²) in [4.78, 5) is 27.4. The fourth-order valence-corrected chi connectivity index (χ4v) is 10.2. The highest BCUT2D eigenvalue weighted by atomic mass is 35.5. The molecule has 2 saturated heterocycles. The Morgan fingerprint density at radius 2 is 1.06 bits per heavy atom. The van der Waals surface area contributed by atoms with Gasteiger partial charge in [0.1, 0.15) is 0 Å². The molecule has 71 heavy (non-hydrogen) atoms. The van der Waals surface area contributed by atoms with Gasteiger partial charge < -0.3 is 5.32 Å². The number of alkyl halides is 7. The number of rotatable bonds is 13. The smallest absolute Gasteiger partial charge is 0.316 e. The average molecular weight is 1050 g/mol. The number of nitriles is 1. The van der Waals surface area contributed by atoms with E-state index in [0.29, 0.717) is 34.2 Å². The summed E-state index contributed by atoms with van der Waals surface area (Å²) in [6.07, 6.45) is 5.50. The first kappa shape index (κ1) is 63.2. The van der Waals surface area contributed by atoms with E-state index in [1.165, 1.54) is 31.9 Å². The van der Waals surface area contributed by atoms with E-state index in [4.69, 9.17) is 40.1 Å². The van der Waals surface area contributed by atoms with Gasteiger partial charge in [-0.05, 0) is 179 Å². The lowest BCUT2D eigenvalue weighted by Crippen LogP contribution is -2.49. The summed E-state index contributed by atoms with van der Waals surface area (Å²) in [6.45, 7) is 5.85. The summed E-state index contributed by atoms with van der Waals surface area (Å²) < 4.78 is 75.4. The van der Waals surface area contributed by atoms with Crippen molar-refractivity contribution in [1.29, 1.82) is 5.26 Å². The molecule has 1 N–H and O–H groups in total. The van der Waals surface area contributed by atoms with Crippen molar-refractivity contribution in [3.8, 4) is 6.07 Å². The molecular formula is C57H74Cl3F6N3O2. The lowest BCUT2D eigenvalue weighted by atomic mass is 9.61. The molecule has 5 nitrogen and oxygen atoms in total. The largest absolute Gasteiger partial charge is 0.416 e. The lowest BCUT2D eigenvalue weighted by molar-refractivity contribution is -0.138. The number of ketones is 2. The highest BCUT2D eigenvalue weighted by molar-refractivity contribution is 6.31. The maximum absolute atomic E-state index is 13.3. The van der Waals surface area contributed by atoms with Gasteiger partial charge in [-0.2, -0.15) is 31.6 Å². The molecule has 8 rings (SSSR count). The van der Waals surface area contributed by atoms with E-state index in [0.717, 1.165) is 138 Å². The van der Waals surface area contributed by atoms with Crippen LogP contribution in [0.2, 0.25) is 10.0 Å². The van der Waals surface area contributed by atoms with Crippen LogP contribution in [0.25, 0.3) is 0 Å². The highest BCUT2D eigenvalue weighted by Gasteiger charge is 2.46. The number of nitrogens with zero attached hydrogens (tertiary/aromatic N) is 2. The van der Waals surface area contributed by atoms with Gasteiger partial charge in [0.25, 0.3) is 0 Å². The molecule has 2 aliphatic carbocycles. The van der Waals surface area contributed by atoms with Gasteiger partial charge in [-0.15, -0.1) is 11.6 Å². The number of halogens is 9. The van der Waals surface area contributed by atoms with Crippen molar-refractivity contribution < 1.29 is 35.9 Å². The molecule has 2 unspecified atom stereocenters. The van der Waals surface area contributed by atoms with Crippen LogP contribution in [0.4, 0.5) is 26.3 Å². The molecule has 14 heteroatoms. The molecular weight excluding hydrogens is 979 g/mol. The summed E-state index contributed by atoms with van der Waals surface area (Å²) in [7, 11) is 0. The van der Waals surface area contributed by atoms with Crippen molar-refractivity contribution in [2.75, 3.05) is 38.6 Å². The quantitative estimate of drug-likeness (QED) is 0.107. The first-order chi connectivity index (χ1) is 32.4. The van der Waals surface area contributed by atoms with Gasteiger partial charge in [-0.25, -0.2) is 0 Å². The third kappa shape index (κ3) is 18.2. The predicted octanol–water partition coefficient (Wildman–Crippen LogP) is 16.3. The molecule has 0 aromatic heterocycles. The summed E-state index contributed by atoms with van der Waals surface area (Å²) in [6, 6.07) is 28.0. The van der Waals surface area contributed by atoms with E-state index in [1.54, 1.807) is 30.3 Å². The van der Waals surface area contributed by atoms with Crippen LogP contribution >= 0.6 is 34.8 Å². The third-order valence-electron chi connectivity index (χ3n) is 14.0. The van der Waals surface area contributed by atoms with Gasteiger partial charge >= 0.3 is 12.4 Å². The molecule has 0 amide bonds. The molecule has 2 aliphatic heterocycles. The van der Waals surface area contributed by atoms with Crippen LogP contribution in [-0.2, 0) is 45.6 Å². The standard InChI is InChI=1S/C26H29ClF3NO.C14H18F3N.C12H12Cl2O.C2H3N.3CH4/c27-23-12-10-21(11-13-23)25(14-2-15-25)24(32)18-31-16-1-3-20(17-31)5-4-19-6-8-22(9-7-19)26(28,29)30;15-14(16,17)13-7-5-11(6-8-13)3-4-12-2-1-9-18-10-12;13-8-11(15)12(6-1-7-12)9-2-4-10(14)5-3-9;1-2-3;;;/h6-13,20H,1-5,14-18H2;5-8,12,18H,1-4,9-10H2;2-5H,1,6-8H2;1H3;3*1H4. The summed E-state index contributed by atoms with van der Waals surface area (Å²) in [5.74, 6) is 1.67. The number of likely N-dealkylation sites (tertiary alicyclic amines) is 1. The molecule has 4 aromatic rings.